The first kappa shape index (κ1) is 17.1. The third-order valence-electron chi connectivity index (χ3n) is 3.27. The summed E-state index contributed by atoms with van der Waals surface area (Å²) in [5.41, 5.74) is 0.935. The van der Waals surface area contributed by atoms with E-state index < -0.39 is 0 Å². The second kappa shape index (κ2) is 8.43. The molecule has 1 amide bonds. The molecule has 0 saturated carbocycles. The molecule has 0 aliphatic carbocycles. The number of carbonyl (C=O) groups excluding carboxylic acids is 1. The number of methoxy groups -OCH3 is 1. The second-order valence-electron chi connectivity index (χ2n) is 4.88. The molecule has 0 aliphatic heterocycles. The Morgan fingerprint density at radius 3 is 2.61 bits per heavy atom. The Morgan fingerprint density at radius 2 is 1.96 bits per heavy atom. The molecule has 23 heavy (non-hydrogen) atoms. The van der Waals surface area contributed by atoms with E-state index in [1.807, 2.05) is 49.6 Å². The van der Waals surface area contributed by atoms with E-state index in [1.54, 1.807) is 13.3 Å². The van der Waals surface area contributed by atoms with Crippen molar-refractivity contribution in [2.24, 2.45) is 0 Å². The predicted molar refractivity (Wildman–Crippen MR) is 92.1 cm³/mol. The van der Waals surface area contributed by atoms with Crippen molar-refractivity contribution in [3.63, 3.8) is 0 Å². The molecule has 1 unspecified atom stereocenters. The molecule has 1 N–H and O–H groups in total. The number of thioether (sulfide) groups is 1. The van der Waals surface area contributed by atoms with Crippen LogP contribution in [0.2, 0.25) is 0 Å². The first-order valence-electron chi connectivity index (χ1n) is 7.19. The van der Waals surface area contributed by atoms with Gasteiger partial charge in [0.05, 0.1) is 12.4 Å². The predicted octanol–water partition coefficient (Wildman–Crippen LogP) is 3.25. The fourth-order valence-electron chi connectivity index (χ4n) is 1.82. The minimum atomic E-state index is -0.0631. The van der Waals surface area contributed by atoms with Gasteiger partial charge >= 0.3 is 0 Å². The number of benzene rings is 1. The first-order valence-corrected chi connectivity index (χ1v) is 8.48. The average molecular weight is 332 g/mol. The molecule has 1 aromatic carbocycles. The van der Waals surface area contributed by atoms with Crippen molar-refractivity contribution in [2.45, 2.75) is 18.7 Å². The Balaban J connectivity index is 1.97. The van der Waals surface area contributed by atoms with Crippen molar-refractivity contribution in [2.75, 3.05) is 13.4 Å². The van der Waals surface area contributed by atoms with Crippen LogP contribution in [0.25, 0.3) is 0 Å². The lowest BCUT2D eigenvalue weighted by Gasteiger charge is -2.10. The molecule has 6 heteroatoms. The second-order valence-corrected chi connectivity index (χ2v) is 6.05. The van der Waals surface area contributed by atoms with Crippen LogP contribution < -0.4 is 14.8 Å². The molecular formula is C17H20N2O3S. The van der Waals surface area contributed by atoms with E-state index in [0.717, 1.165) is 11.3 Å². The summed E-state index contributed by atoms with van der Waals surface area (Å²) in [6.07, 6.45) is 3.58. The standard InChI is InChI=1S/C17H20N2O3S/c1-12(23-3)17(20)19-11-13-8-9-18-16(10-13)22-15-6-4-14(21-2)5-7-15/h4-10,12H,11H2,1-3H3,(H,19,20). The summed E-state index contributed by atoms with van der Waals surface area (Å²) >= 11 is 1.52. The third-order valence-corrected chi connectivity index (χ3v) is 4.19. The molecule has 122 valence electrons. The third kappa shape index (κ3) is 5.17. The minimum Gasteiger partial charge on any atom is -0.497 e. The van der Waals surface area contributed by atoms with E-state index in [1.165, 1.54) is 11.8 Å². The fourth-order valence-corrected chi connectivity index (χ4v) is 2.12. The topological polar surface area (TPSA) is 60.5 Å². The van der Waals surface area contributed by atoms with Crippen molar-refractivity contribution < 1.29 is 14.3 Å². The van der Waals surface area contributed by atoms with Crippen molar-refractivity contribution in [1.82, 2.24) is 10.3 Å². The minimum absolute atomic E-state index is 0.0203. The van der Waals surface area contributed by atoms with Crippen LogP contribution in [-0.4, -0.2) is 29.5 Å². The van der Waals surface area contributed by atoms with Gasteiger partial charge in [-0.3, -0.25) is 4.79 Å². The molecule has 1 aromatic heterocycles. The quantitative estimate of drug-likeness (QED) is 0.843. The Kier molecular flexibility index (Phi) is 6.29. The van der Waals surface area contributed by atoms with Crippen molar-refractivity contribution in [3.8, 4) is 17.4 Å². The summed E-state index contributed by atoms with van der Waals surface area (Å²) in [6.45, 7) is 2.33. The first-order chi connectivity index (χ1) is 11.1. The number of hydrogen-bond acceptors (Lipinski definition) is 5. The van der Waals surface area contributed by atoms with Crippen LogP contribution in [0.15, 0.2) is 42.6 Å². The molecule has 5 nitrogen and oxygen atoms in total. The number of amides is 1. The van der Waals surface area contributed by atoms with Gasteiger partial charge in [0.1, 0.15) is 11.5 Å². The Hall–Kier alpha value is -2.21. The summed E-state index contributed by atoms with van der Waals surface area (Å²) in [7, 11) is 1.62. The van der Waals surface area contributed by atoms with E-state index >= 15 is 0 Å². The molecule has 0 radical (unpaired) electrons. The van der Waals surface area contributed by atoms with Gasteiger partial charge in [0.15, 0.2) is 0 Å². The van der Waals surface area contributed by atoms with Gasteiger partial charge in [-0.15, -0.1) is 0 Å². The molecule has 1 atom stereocenters. The van der Waals surface area contributed by atoms with Crippen LogP contribution in [0.5, 0.6) is 17.4 Å². The lowest BCUT2D eigenvalue weighted by Crippen LogP contribution is -2.30. The zero-order valence-corrected chi connectivity index (χ0v) is 14.2. The molecule has 1 heterocycles. The smallest absolute Gasteiger partial charge is 0.233 e. The number of nitrogens with zero attached hydrogens (tertiary/aromatic N) is 1. The lowest BCUT2D eigenvalue weighted by atomic mass is 10.2. The van der Waals surface area contributed by atoms with E-state index in [9.17, 15) is 4.79 Å². The molecule has 0 fully saturated rings. The lowest BCUT2D eigenvalue weighted by molar-refractivity contribution is -0.120. The normalized spacial score (nSPS) is 11.6. The SMILES string of the molecule is COc1ccc(Oc2cc(CNC(=O)C(C)SC)ccn2)cc1. The Bertz CT molecular complexity index is 647. The van der Waals surface area contributed by atoms with Gasteiger partial charge in [-0.05, 0) is 49.1 Å². The zero-order chi connectivity index (χ0) is 16.7. The van der Waals surface area contributed by atoms with Crippen LogP contribution in [0, 0.1) is 0 Å². The van der Waals surface area contributed by atoms with E-state index in [-0.39, 0.29) is 11.2 Å². The van der Waals surface area contributed by atoms with Crippen molar-refractivity contribution in [3.05, 3.63) is 48.2 Å². The molecule has 0 aliphatic rings. The maximum absolute atomic E-state index is 11.8. The summed E-state index contributed by atoms with van der Waals surface area (Å²) < 4.78 is 10.8. The summed E-state index contributed by atoms with van der Waals surface area (Å²) in [5.74, 6) is 1.95. The van der Waals surface area contributed by atoms with Gasteiger partial charge in [0, 0.05) is 18.8 Å². The molecule has 0 saturated heterocycles. The number of aromatic nitrogens is 1. The highest BCUT2D eigenvalue weighted by Crippen LogP contribution is 2.22. The van der Waals surface area contributed by atoms with Gasteiger partial charge in [-0.25, -0.2) is 4.98 Å². The van der Waals surface area contributed by atoms with Gasteiger partial charge in [0.25, 0.3) is 0 Å². The maximum Gasteiger partial charge on any atom is 0.233 e. The van der Waals surface area contributed by atoms with Gasteiger partial charge in [-0.2, -0.15) is 11.8 Å². The van der Waals surface area contributed by atoms with Crippen LogP contribution in [0.1, 0.15) is 12.5 Å². The largest absolute Gasteiger partial charge is 0.497 e. The van der Waals surface area contributed by atoms with E-state index in [0.29, 0.717) is 18.2 Å². The fraction of sp³-hybridized carbons (Fsp3) is 0.294. The highest BCUT2D eigenvalue weighted by molar-refractivity contribution is 7.99. The molecular weight excluding hydrogens is 312 g/mol. The van der Waals surface area contributed by atoms with Crippen LogP contribution in [0.4, 0.5) is 0 Å². The maximum atomic E-state index is 11.8. The van der Waals surface area contributed by atoms with Crippen molar-refractivity contribution >= 4 is 17.7 Å². The molecule has 2 aromatic rings. The average Bonchev–Trinajstić information content (AvgIpc) is 2.60. The number of carbonyl (C=O) groups is 1. The monoisotopic (exact) mass is 332 g/mol. The van der Waals surface area contributed by atoms with E-state index in [4.69, 9.17) is 9.47 Å². The van der Waals surface area contributed by atoms with Crippen LogP contribution >= 0.6 is 11.8 Å². The van der Waals surface area contributed by atoms with Crippen LogP contribution in [-0.2, 0) is 11.3 Å². The number of ether oxygens (including phenoxy) is 2. The van der Waals surface area contributed by atoms with Gasteiger partial charge in [-0.1, -0.05) is 0 Å². The summed E-state index contributed by atoms with van der Waals surface area (Å²) in [4.78, 5) is 16.0. The Morgan fingerprint density at radius 1 is 1.26 bits per heavy atom. The number of nitrogens with one attached hydrogen (secondary N) is 1. The zero-order valence-electron chi connectivity index (χ0n) is 13.4. The molecule has 0 spiro atoms. The van der Waals surface area contributed by atoms with Gasteiger partial charge < -0.3 is 14.8 Å². The van der Waals surface area contributed by atoms with Gasteiger partial charge in [0.2, 0.25) is 11.8 Å². The Labute approximate surface area is 140 Å². The number of rotatable bonds is 7. The number of hydrogen-bond donors (Lipinski definition) is 1. The van der Waals surface area contributed by atoms with Crippen LogP contribution in [0.3, 0.4) is 0 Å². The summed E-state index contributed by atoms with van der Waals surface area (Å²) in [6, 6.07) is 10.9. The molecule has 2 rings (SSSR count). The summed E-state index contributed by atoms with van der Waals surface area (Å²) in [5, 5.41) is 2.83. The highest BCUT2D eigenvalue weighted by Gasteiger charge is 2.10. The van der Waals surface area contributed by atoms with Crippen molar-refractivity contribution in [1.29, 1.82) is 0 Å². The number of pyridine rings is 1. The highest BCUT2D eigenvalue weighted by atomic mass is 32.2. The molecule has 0 bridgehead atoms. The van der Waals surface area contributed by atoms with E-state index in [2.05, 4.69) is 10.3 Å².